The van der Waals surface area contributed by atoms with Gasteiger partial charge < -0.3 is 5.32 Å². The monoisotopic (exact) mass is 349 g/mol. The summed E-state index contributed by atoms with van der Waals surface area (Å²) < 4.78 is 2.84. The predicted octanol–water partition coefficient (Wildman–Crippen LogP) is 3.39. The van der Waals surface area contributed by atoms with Crippen LogP contribution < -0.4 is 5.32 Å². The van der Waals surface area contributed by atoms with E-state index in [1.165, 1.54) is 0 Å². The zero-order chi connectivity index (χ0) is 15.4. The largest absolute Gasteiger partial charge is 0.352 e. The van der Waals surface area contributed by atoms with Crippen molar-refractivity contribution in [1.82, 2.24) is 15.1 Å². The van der Waals surface area contributed by atoms with Crippen molar-refractivity contribution in [3.63, 3.8) is 0 Å². The van der Waals surface area contributed by atoms with Gasteiger partial charge in [-0.15, -0.1) is 0 Å². The van der Waals surface area contributed by atoms with E-state index >= 15 is 0 Å². The molecule has 0 aliphatic rings. The van der Waals surface area contributed by atoms with Crippen molar-refractivity contribution in [3.05, 3.63) is 51.3 Å². The smallest absolute Gasteiger partial charge is 0.252 e. The normalized spacial score (nSPS) is 10.7. The van der Waals surface area contributed by atoms with Crippen LogP contribution in [0.5, 0.6) is 0 Å². The Bertz CT molecular complexity index is 649. The SMILES string of the molecule is Cc1cc(C)n(CCCNC(=O)c2cccc(C)c2Br)n1. The van der Waals surface area contributed by atoms with Crippen molar-refractivity contribution in [2.45, 2.75) is 33.7 Å². The van der Waals surface area contributed by atoms with Crippen LogP contribution in [0.4, 0.5) is 0 Å². The second-order valence-electron chi connectivity index (χ2n) is 5.20. The molecule has 0 atom stereocenters. The number of nitrogens with one attached hydrogen (secondary N) is 1. The standard InChI is InChI=1S/C16H20BrN3O/c1-11-6-4-7-14(15(11)17)16(21)18-8-5-9-20-13(3)10-12(2)19-20/h4,6-7,10H,5,8-9H2,1-3H3,(H,18,21). The molecule has 1 aromatic carbocycles. The second kappa shape index (κ2) is 6.89. The van der Waals surface area contributed by atoms with Crippen molar-refractivity contribution in [1.29, 1.82) is 0 Å². The Balaban J connectivity index is 1.85. The lowest BCUT2D eigenvalue weighted by Gasteiger charge is -2.09. The first-order valence-electron chi connectivity index (χ1n) is 7.03. The molecule has 1 N–H and O–H groups in total. The second-order valence-corrected chi connectivity index (χ2v) is 5.99. The first-order chi connectivity index (χ1) is 9.99. The van der Waals surface area contributed by atoms with E-state index in [-0.39, 0.29) is 5.91 Å². The average molecular weight is 350 g/mol. The molecule has 4 nitrogen and oxygen atoms in total. The average Bonchev–Trinajstić information content (AvgIpc) is 2.76. The molecule has 0 aliphatic heterocycles. The van der Waals surface area contributed by atoms with E-state index in [4.69, 9.17) is 0 Å². The molecule has 1 aromatic heterocycles. The minimum absolute atomic E-state index is 0.0426. The third-order valence-corrected chi connectivity index (χ3v) is 4.42. The number of aromatic nitrogens is 2. The Kier molecular flexibility index (Phi) is 5.17. The fraction of sp³-hybridized carbons (Fsp3) is 0.375. The highest BCUT2D eigenvalue weighted by molar-refractivity contribution is 9.10. The van der Waals surface area contributed by atoms with Crippen molar-refractivity contribution in [2.24, 2.45) is 0 Å². The summed E-state index contributed by atoms with van der Waals surface area (Å²) in [5.41, 5.74) is 3.92. The third-order valence-electron chi connectivity index (χ3n) is 3.37. The lowest BCUT2D eigenvalue weighted by molar-refractivity contribution is 0.0951. The van der Waals surface area contributed by atoms with Gasteiger partial charge in [-0.05, 0) is 60.8 Å². The molecule has 0 spiro atoms. The Morgan fingerprint density at radius 2 is 2.10 bits per heavy atom. The van der Waals surface area contributed by atoms with Gasteiger partial charge in [0.15, 0.2) is 0 Å². The van der Waals surface area contributed by atoms with E-state index in [0.29, 0.717) is 12.1 Å². The zero-order valence-electron chi connectivity index (χ0n) is 12.6. The topological polar surface area (TPSA) is 46.9 Å². The molecule has 21 heavy (non-hydrogen) atoms. The van der Waals surface area contributed by atoms with Crippen molar-refractivity contribution < 1.29 is 4.79 Å². The maximum Gasteiger partial charge on any atom is 0.252 e. The number of hydrogen-bond acceptors (Lipinski definition) is 2. The number of nitrogens with zero attached hydrogens (tertiary/aromatic N) is 2. The Labute approximate surface area is 133 Å². The molecule has 0 unspecified atom stereocenters. The Morgan fingerprint density at radius 3 is 2.76 bits per heavy atom. The van der Waals surface area contributed by atoms with Gasteiger partial charge in [-0.1, -0.05) is 12.1 Å². The van der Waals surface area contributed by atoms with E-state index in [1.807, 2.05) is 43.7 Å². The Hall–Kier alpha value is -1.62. The van der Waals surface area contributed by atoms with Gasteiger partial charge in [0.25, 0.3) is 5.91 Å². The summed E-state index contributed by atoms with van der Waals surface area (Å²) in [4.78, 5) is 12.1. The molecule has 0 bridgehead atoms. The van der Waals surface area contributed by atoms with Crippen LogP contribution in [0.1, 0.15) is 33.7 Å². The number of halogens is 1. The van der Waals surface area contributed by atoms with Crippen LogP contribution in [0.2, 0.25) is 0 Å². The third kappa shape index (κ3) is 3.94. The van der Waals surface area contributed by atoms with E-state index < -0.39 is 0 Å². The quantitative estimate of drug-likeness (QED) is 0.841. The lowest BCUT2D eigenvalue weighted by Crippen LogP contribution is -2.26. The van der Waals surface area contributed by atoms with E-state index in [2.05, 4.69) is 32.4 Å². The molecule has 0 saturated heterocycles. The van der Waals surface area contributed by atoms with Crippen molar-refractivity contribution in [2.75, 3.05) is 6.54 Å². The van der Waals surface area contributed by atoms with Gasteiger partial charge in [0.1, 0.15) is 0 Å². The molecule has 0 aliphatic carbocycles. The highest BCUT2D eigenvalue weighted by Gasteiger charge is 2.10. The van der Waals surface area contributed by atoms with Crippen molar-refractivity contribution in [3.8, 4) is 0 Å². The van der Waals surface area contributed by atoms with Crippen molar-refractivity contribution >= 4 is 21.8 Å². The number of hydrogen-bond donors (Lipinski definition) is 1. The van der Waals surface area contributed by atoms with Gasteiger partial charge in [0.05, 0.1) is 11.3 Å². The summed E-state index contributed by atoms with van der Waals surface area (Å²) in [6.07, 6.45) is 0.858. The lowest BCUT2D eigenvalue weighted by atomic mass is 10.1. The maximum absolute atomic E-state index is 12.1. The van der Waals surface area contributed by atoms with Gasteiger partial charge >= 0.3 is 0 Å². The maximum atomic E-state index is 12.1. The predicted molar refractivity (Wildman–Crippen MR) is 87.5 cm³/mol. The summed E-state index contributed by atoms with van der Waals surface area (Å²) in [7, 11) is 0. The summed E-state index contributed by atoms with van der Waals surface area (Å²) >= 11 is 3.46. The van der Waals surface area contributed by atoms with E-state index in [0.717, 1.165) is 34.4 Å². The fourth-order valence-corrected chi connectivity index (χ4v) is 2.69. The minimum Gasteiger partial charge on any atom is -0.352 e. The number of rotatable bonds is 5. The number of carbonyl (C=O) groups excluding carboxylic acids is 1. The number of amides is 1. The molecule has 1 amide bonds. The van der Waals surface area contributed by atoms with Crippen LogP contribution >= 0.6 is 15.9 Å². The minimum atomic E-state index is -0.0426. The molecule has 2 aromatic rings. The van der Waals surface area contributed by atoms with Gasteiger partial charge in [-0.2, -0.15) is 5.10 Å². The summed E-state index contributed by atoms with van der Waals surface area (Å²) in [6, 6.07) is 7.75. The highest BCUT2D eigenvalue weighted by atomic mass is 79.9. The molecule has 0 radical (unpaired) electrons. The fourth-order valence-electron chi connectivity index (χ4n) is 2.25. The van der Waals surface area contributed by atoms with Crippen LogP contribution in [0.3, 0.4) is 0 Å². The highest BCUT2D eigenvalue weighted by Crippen LogP contribution is 2.20. The summed E-state index contributed by atoms with van der Waals surface area (Å²) in [6.45, 7) is 7.46. The van der Waals surface area contributed by atoms with Gasteiger partial charge in [0, 0.05) is 23.3 Å². The van der Waals surface area contributed by atoms with Gasteiger partial charge in [0.2, 0.25) is 0 Å². The first kappa shape index (κ1) is 15.8. The van der Waals surface area contributed by atoms with Crippen LogP contribution in [0.15, 0.2) is 28.7 Å². The van der Waals surface area contributed by atoms with Crippen LogP contribution in [0.25, 0.3) is 0 Å². The van der Waals surface area contributed by atoms with E-state index in [1.54, 1.807) is 0 Å². The van der Waals surface area contributed by atoms with Crippen LogP contribution in [-0.4, -0.2) is 22.2 Å². The molecule has 2 rings (SSSR count). The zero-order valence-corrected chi connectivity index (χ0v) is 14.2. The van der Waals surface area contributed by atoms with Gasteiger partial charge in [-0.25, -0.2) is 0 Å². The number of aryl methyl sites for hydroxylation is 4. The van der Waals surface area contributed by atoms with E-state index in [9.17, 15) is 4.79 Å². The summed E-state index contributed by atoms with van der Waals surface area (Å²) in [5, 5.41) is 7.36. The number of carbonyl (C=O) groups is 1. The molecule has 1 heterocycles. The molecular formula is C16H20BrN3O. The number of benzene rings is 1. The molecule has 112 valence electrons. The molecule has 5 heteroatoms. The van der Waals surface area contributed by atoms with Crippen LogP contribution in [0, 0.1) is 20.8 Å². The first-order valence-corrected chi connectivity index (χ1v) is 7.82. The molecular weight excluding hydrogens is 330 g/mol. The van der Waals surface area contributed by atoms with Crippen LogP contribution in [-0.2, 0) is 6.54 Å². The summed E-state index contributed by atoms with van der Waals surface area (Å²) in [5.74, 6) is -0.0426. The Morgan fingerprint density at radius 1 is 1.33 bits per heavy atom. The molecule has 0 fully saturated rings. The van der Waals surface area contributed by atoms with Gasteiger partial charge in [-0.3, -0.25) is 9.48 Å². The molecule has 0 saturated carbocycles.